The van der Waals surface area contributed by atoms with E-state index in [1.807, 2.05) is 36.0 Å². The van der Waals surface area contributed by atoms with Crippen molar-refractivity contribution in [3.63, 3.8) is 0 Å². The van der Waals surface area contributed by atoms with Crippen LogP contribution in [0, 0.1) is 13.8 Å². The number of nitrogens with one attached hydrogen (secondary N) is 1. The molecule has 126 valence electrons. The third kappa shape index (κ3) is 3.38. The van der Waals surface area contributed by atoms with Crippen LogP contribution in [0.25, 0.3) is 10.2 Å². The molecule has 0 unspecified atom stereocenters. The highest BCUT2D eigenvalue weighted by Crippen LogP contribution is 2.14. The lowest BCUT2D eigenvalue weighted by molar-refractivity contribution is -0.130. The molecule has 1 amide bonds. The Balaban J connectivity index is 1.64. The van der Waals surface area contributed by atoms with E-state index in [2.05, 4.69) is 15.1 Å². The number of amides is 1. The minimum Gasteiger partial charge on any atom is -0.338 e. The minimum atomic E-state index is -0.159. The van der Waals surface area contributed by atoms with Gasteiger partial charge in [0.2, 0.25) is 5.91 Å². The maximum absolute atomic E-state index is 12.3. The van der Waals surface area contributed by atoms with Gasteiger partial charge in [0.05, 0.1) is 17.8 Å². The van der Waals surface area contributed by atoms with Crippen molar-refractivity contribution in [2.75, 3.05) is 7.05 Å². The normalized spacial score (nSPS) is 11.1. The van der Waals surface area contributed by atoms with E-state index in [0.29, 0.717) is 29.0 Å². The first-order valence-electron chi connectivity index (χ1n) is 7.65. The molecule has 1 N–H and O–H groups in total. The zero-order valence-corrected chi connectivity index (χ0v) is 14.7. The Bertz CT molecular complexity index is 939. The summed E-state index contributed by atoms with van der Waals surface area (Å²) in [4.78, 5) is 33.0. The van der Waals surface area contributed by atoms with Gasteiger partial charge < -0.3 is 9.88 Å². The fourth-order valence-electron chi connectivity index (χ4n) is 2.60. The summed E-state index contributed by atoms with van der Waals surface area (Å²) in [5, 5.41) is 6.19. The zero-order valence-electron chi connectivity index (χ0n) is 13.9. The standard InChI is InChI=1S/C16H19N5O2S/c1-10-8-11(2)21(19-10)6-4-14(22)20(3)9-13-17-12-5-7-24-15(12)16(23)18-13/h5,7-8H,4,6,9H2,1-3H3,(H,17,18,23). The second-order valence-electron chi connectivity index (χ2n) is 5.80. The van der Waals surface area contributed by atoms with Gasteiger partial charge in [-0.2, -0.15) is 5.10 Å². The van der Waals surface area contributed by atoms with Crippen LogP contribution in [0.1, 0.15) is 23.6 Å². The molecular formula is C16H19N5O2S. The number of fused-ring (bicyclic) bond motifs is 1. The second-order valence-corrected chi connectivity index (χ2v) is 6.71. The summed E-state index contributed by atoms with van der Waals surface area (Å²) in [6.07, 6.45) is 0.351. The van der Waals surface area contributed by atoms with Gasteiger partial charge in [0.1, 0.15) is 10.5 Å². The number of aromatic amines is 1. The van der Waals surface area contributed by atoms with E-state index < -0.39 is 0 Å². The SMILES string of the molecule is Cc1cc(C)n(CCC(=O)N(C)Cc2nc3ccsc3c(=O)[nH]2)n1. The van der Waals surface area contributed by atoms with Crippen LogP contribution < -0.4 is 5.56 Å². The Hall–Kier alpha value is -2.48. The first-order chi connectivity index (χ1) is 11.4. The van der Waals surface area contributed by atoms with Crippen molar-refractivity contribution >= 4 is 27.5 Å². The van der Waals surface area contributed by atoms with Crippen LogP contribution in [0.3, 0.4) is 0 Å². The van der Waals surface area contributed by atoms with Crippen LogP contribution in [0.2, 0.25) is 0 Å². The summed E-state index contributed by atoms with van der Waals surface area (Å²) < 4.78 is 2.44. The highest BCUT2D eigenvalue weighted by Gasteiger charge is 2.13. The van der Waals surface area contributed by atoms with Crippen molar-refractivity contribution < 1.29 is 4.79 Å². The first kappa shape index (κ1) is 16.4. The smallest absolute Gasteiger partial charge is 0.268 e. The van der Waals surface area contributed by atoms with E-state index in [4.69, 9.17) is 0 Å². The lowest BCUT2D eigenvalue weighted by Crippen LogP contribution is -2.29. The van der Waals surface area contributed by atoms with Gasteiger partial charge in [-0.25, -0.2) is 4.98 Å². The monoisotopic (exact) mass is 345 g/mol. The van der Waals surface area contributed by atoms with Gasteiger partial charge in [-0.3, -0.25) is 14.3 Å². The Morgan fingerprint density at radius 3 is 2.92 bits per heavy atom. The molecule has 0 aliphatic rings. The molecule has 0 saturated carbocycles. The summed E-state index contributed by atoms with van der Waals surface area (Å²) in [6.45, 7) is 4.71. The predicted molar refractivity (Wildman–Crippen MR) is 93.0 cm³/mol. The number of carbonyl (C=O) groups is 1. The largest absolute Gasteiger partial charge is 0.338 e. The van der Waals surface area contributed by atoms with Crippen LogP contribution in [0.15, 0.2) is 22.3 Å². The molecule has 0 aliphatic heterocycles. The number of nitrogens with zero attached hydrogens (tertiary/aromatic N) is 4. The quantitative estimate of drug-likeness (QED) is 0.765. The van der Waals surface area contributed by atoms with E-state index in [-0.39, 0.29) is 18.0 Å². The van der Waals surface area contributed by atoms with Gasteiger partial charge in [0.25, 0.3) is 5.56 Å². The highest BCUT2D eigenvalue weighted by molar-refractivity contribution is 7.17. The Morgan fingerprint density at radius 1 is 1.42 bits per heavy atom. The summed E-state index contributed by atoms with van der Waals surface area (Å²) in [7, 11) is 1.71. The van der Waals surface area contributed by atoms with Gasteiger partial charge in [0, 0.05) is 25.7 Å². The molecule has 3 rings (SSSR count). The van der Waals surface area contributed by atoms with Crippen molar-refractivity contribution in [2.45, 2.75) is 33.4 Å². The number of aromatic nitrogens is 4. The molecule has 0 aliphatic carbocycles. The summed E-state index contributed by atoms with van der Waals surface area (Å²) >= 11 is 1.36. The topological polar surface area (TPSA) is 83.9 Å². The molecule has 0 radical (unpaired) electrons. The van der Waals surface area contributed by atoms with Crippen LogP contribution in [0.5, 0.6) is 0 Å². The van der Waals surface area contributed by atoms with Crippen molar-refractivity contribution in [1.82, 2.24) is 24.6 Å². The molecule has 7 nitrogen and oxygen atoms in total. The average molecular weight is 345 g/mol. The lowest BCUT2D eigenvalue weighted by Gasteiger charge is -2.16. The molecule has 0 saturated heterocycles. The Labute approximate surface area is 142 Å². The highest BCUT2D eigenvalue weighted by atomic mass is 32.1. The summed E-state index contributed by atoms with van der Waals surface area (Å²) in [6, 6.07) is 3.79. The first-order valence-corrected chi connectivity index (χ1v) is 8.53. The van der Waals surface area contributed by atoms with Gasteiger partial charge in [-0.1, -0.05) is 0 Å². The maximum Gasteiger partial charge on any atom is 0.268 e. The molecule has 0 atom stereocenters. The van der Waals surface area contributed by atoms with E-state index in [1.165, 1.54) is 11.3 Å². The van der Waals surface area contributed by atoms with Crippen LogP contribution >= 0.6 is 11.3 Å². The lowest BCUT2D eigenvalue weighted by atomic mass is 10.3. The van der Waals surface area contributed by atoms with Crippen molar-refractivity contribution in [3.05, 3.63) is 45.1 Å². The Morgan fingerprint density at radius 2 is 2.21 bits per heavy atom. The van der Waals surface area contributed by atoms with E-state index >= 15 is 0 Å². The molecule has 3 aromatic rings. The number of H-pyrrole nitrogens is 1. The molecule has 8 heteroatoms. The van der Waals surface area contributed by atoms with Gasteiger partial charge >= 0.3 is 0 Å². The number of hydrogen-bond acceptors (Lipinski definition) is 5. The maximum atomic E-state index is 12.3. The van der Waals surface area contributed by atoms with Crippen molar-refractivity contribution in [1.29, 1.82) is 0 Å². The van der Waals surface area contributed by atoms with Gasteiger partial charge in [-0.15, -0.1) is 11.3 Å². The summed E-state index contributed by atoms with van der Waals surface area (Å²) in [5.41, 5.74) is 2.49. The van der Waals surface area contributed by atoms with E-state index in [0.717, 1.165) is 11.4 Å². The van der Waals surface area contributed by atoms with Crippen LogP contribution in [-0.4, -0.2) is 37.6 Å². The van der Waals surface area contributed by atoms with Crippen LogP contribution in [0.4, 0.5) is 0 Å². The summed E-state index contributed by atoms with van der Waals surface area (Å²) in [5.74, 6) is 0.475. The van der Waals surface area contributed by atoms with Gasteiger partial charge in [0.15, 0.2) is 0 Å². The molecular weight excluding hydrogens is 326 g/mol. The molecule has 0 spiro atoms. The van der Waals surface area contributed by atoms with Crippen molar-refractivity contribution in [3.8, 4) is 0 Å². The number of hydrogen-bond donors (Lipinski definition) is 1. The fraction of sp³-hybridized carbons (Fsp3) is 0.375. The van der Waals surface area contributed by atoms with Crippen LogP contribution in [-0.2, 0) is 17.9 Å². The third-order valence-corrected chi connectivity index (χ3v) is 4.72. The number of rotatable bonds is 5. The van der Waals surface area contributed by atoms with Crippen molar-refractivity contribution in [2.24, 2.45) is 0 Å². The number of carbonyl (C=O) groups excluding carboxylic acids is 1. The second kappa shape index (κ2) is 6.56. The minimum absolute atomic E-state index is 0.0179. The van der Waals surface area contributed by atoms with E-state index in [9.17, 15) is 9.59 Å². The zero-order chi connectivity index (χ0) is 17.3. The Kier molecular flexibility index (Phi) is 4.48. The predicted octanol–water partition coefficient (Wildman–Crippen LogP) is 1.85. The molecule has 3 aromatic heterocycles. The third-order valence-electron chi connectivity index (χ3n) is 3.82. The molecule has 0 bridgehead atoms. The fourth-order valence-corrected chi connectivity index (χ4v) is 3.33. The number of aryl methyl sites for hydroxylation is 3. The average Bonchev–Trinajstić information content (AvgIpc) is 3.11. The van der Waals surface area contributed by atoms with Gasteiger partial charge in [-0.05, 0) is 31.4 Å². The molecule has 0 fully saturated rings. The van der Waals surface area contributed by atoms with E-state index in [1.54, 1.807) is 11.9 Å². The molecule has 3 heterocycles. The molecule has 0 aromatic carbocycles. The molecule has 24 heavy (non-hydrogen) atoms. The number of thiophene rings is 1.